The topological polar surface area (TPSA) is 49.4 Å². The van der Waals surface area contributed by atoms with Gasteiger partial charge in [-0.05, 0) is 50.4 Å². The molecule has 5 heteroatoms. The second-order valence-corrected chi connectivity index (χ2v) is 8.40. The van der Waals surface area contributed by atoms with Gasteiger partial charge in [0.25, 0.3) is 0 Å². The Morgan fingerprint density at radius 1 is 1.19 bits per heavy atom. The minimum absolute atomic E-state index is 0.397. The third-order valence-corrected chi connectivity index (χ3v) is 5.94. The first kappa shape index (κ1) is 14.9. The third-order valence-electron chi connectivity index (χ3n) is 4.83. The van der Waals surface area contributed by atoms with Gasteiger partial charge in [0.15, 0.2) is 9.84 Å². The molecule has 0 amide bonds. The highest BCUT2D eigenvalue weighted by Crippen LogP contribution is 2.30. The van der Waals surface area contributed by atoms with Crippen molar-refractivity contribution in [3.05, 3.63) is 23.8 Å². The summed E-state index contributed by atoms with van der Waals surface area (Å²) in [5.41, 5.74) is 2.08. The maximum Gasteiger partial charge on any atom is 0.175 e. The highest BCUT2D eigenvalue weighted by atomic mass is 32.2. The summed E-state index contributed by atoms with van der Waals surface area (Å²) in [6.45, 7) is 4.40. The van der Waals surface area contributed by atoms with E-state index in [4.69, 9.17) is 0 Å². The summed E-state index contributed by atoms with van der Waals surface area (Å²) >= 11 is 0. The Morgan fingerprint density at radius 2 is 2.00 bits per heavy atom. The zero-order valence-electron chi connectivity index (χ0n) is 12.8. The van der Waals surface area contributed by atoms with Crippen LogP contribution in [-0.4, -0.2) is 44.7 Å². The number of piperidine rings is 1. The molecule has 0 saturated carbocycles. The quantitative estimate of drug-likeness (QED) is 0.932. The zero-order chi connectivity index (χ0) is 15.0. The molecule has 0 aliphatic carbocycles. The van der Waals surface area contributed by atoms with Crippen LogP contribution in [0.5, 0.6) is 0 Å². The van der Waals surface area contributed by atoms with E-state index >= 15 is 0 Å². The fourth-order valence-electron chi connectivity index (χ4n) is 3.60. The van der Waals surface area contributed by atoms with E-state index in [1.165, 1.54) is 32.1 Å². The second kappa shape index (κ2) is 5.61. The van der Waals surface area contributed by atoms with Gasteiger partial charge in [0.1, 0.15) is 0 Å². The fourth-order valence-corrected chi connectivity index (χ4v) is 4.25. The lowest BCUT2D eigenvalue weighted by atomic mass is 9.98. The minimum Gasteiger partial charge on any atom is -0.380 e. The van der Waals surface area contributed by atoms with E-state index in [0.29, 0.717) is 17.0 Å². The van der Waals surface area contributed by atoms with Crippen LogP contribution in [0.25, 0.3) is 0 Å². The number of rotatable bonds is 3. The van der Waals surface area contributed by atoms with Gasteiger partial charge in [0.2, 0.25) is 0 Å². The number of hydrogen-bond donors (Lipinski definition) is 1. The summed E-state index contributed by atoms with van der Waals surface area (Å²) < 4.78 is 23.5. The molecule has 2 saturated heterocycles. The Balaban J connectivity index is 1.81. The molecule has 1 N–H and O–H groups in total. The lowest BCUT2D eigenvalue weighted by Crippen LogP contribution is -2.41. The molecule has 1 aromatic rings. The van der Waals surface area contributed by atoms with Gasteiger partial charge < -0.3 is 5.32 Å². The minimum atomic E-state index is -3.15. The first-order chi connectivity index (χ1) is 9.95. The number of anilines is 1. The molecule has 2 aliphatic rings. The molecule has 1 aromatic carbocycles. The van der Waals surface area contributed by atoms with Crippen LogP contribution >= 0.6 is 0 Å². The molecule has 21 heavy (non-hydrogen) atoms. The summed E-state index contributed by atoms with van der Waals surface area (Å²) in [5, 5.41) is 3.61. The smallest absolute Gasteiger partial charge is 0.175 e. The van der Waals surface area contributed by atoms with Gasteiger partial charge in [0.05, 0.1) is 4.90 Å². The second-order valence-electron chi connectivity index (χ2n) is 6.39. The van der Waals surface area contributed by atoms with Crippen LogP contribution in [0, 0.1) is 6.92 Å². The molecule has 116 valence electrons. The van der Waals surface area contributed by atoms with Crippen molar-refractivity contribution in [3.8, 4) is 0 Å². The fraction of sp³-hybridized carbons (Fsp3) is 0.625. The average molecular weight is 308 g/mol. The van der Waals surface area contributed by atoms with Crippen molar-refractivity contribution in [2.24, 2.45) is 0 Å². The molecule has 0 aromatic heterocycles. The number of nitrogens with one attached hydrogen (secondary N) is 1. The molecule has 0 spiro atoms. The highest BCUT2D eigenvalue weighted by Gasteiger charge is 2.35. The van der Waals surface area contributed by atoms with Gasteiger partial charge in [-0.3, -0.25) is 4.90 Å². The van der Waals surface area contributed by atoms with Crippen molar-refractivity contribution in [2.75, 3.05) is 24.7 Å². The van der Waals surface area contributed by atoms with Gasteiger partial charge in [0, 0.05) is 30.6 Å². The first-order valence-electron chi connectivity index (χ1n) is 7.76. The van der Waals surface area contributed by atoms with Crippen molar-refractivity contribution in [2.45, 2.75) is 49.6 Å². The van der Waals surface area contributed by atoms with Crippen molar-refractivity contribution < 1.29 is 8.42 Å². The standard InChI is InChI=1S/C16H24N2O2S/c1-12-6-7-13(21(2,19)20)11-15(12)17-14-8-10-18-9-4-3-5-16(14)18/h6-7,11,14,16-17H,3-5,8-10H2,1-2H3. The maximum atomic E-state index is 11.7. The van der Waals surface area contributed by atoms with E-state index < -0.39 is 9.84 Å². The van der Waals surface area contributed by atoms with Crippen molar-refractivity contribution in [1.82, 2.24) is 4.90 Å². The molecule has 0 radical (unpaired) electrons. The van der Waals surface area contributed by atoms with Crippen LogP contribution < -0.4 is 5.32 Å². The van der Waals surface area contributed by atoms with Gasteiger partial charge in [-0.2, -0.15) is 0 Å². The lowest BCUT2D eigenvalue weighted by molar-refractivity contribution is 0.192. The number of benzene rings is 1. The van der Waals surface area contributed by atoms with Crippen LogP contribution in [0.2, 0.25) is 0 Å². The predicted octanol–water partition coefficient (Wildman–Crippen LogP) is 2.44. The van der Waals surface area contributed by atoms with Gasteiger partial charge >= 0.3 is 0 Å². The van der Waals surface area contributed by atoms with E-state index in [2.05, 4.69) is 10.2 Å². The summed E-state index contributed by atoms with van der Waals surface area (Å²) in [6, 6.07) is 6.43. The molecule has 3 rings (SSSR count). The molecule has 2 heterocycles. The third kappa shape index (κ3) is 3.09. The summed E-state index contributed by atoms with van der Waals surface area (Å²) in [4.78, 5) is 2.98. The number of nitrogens with zero attached hydrogens (tertiary/aromatic N) is 1. The largest absolute Gasteiger partial charge is 0.380 e. The van der Waals surface area contributed by atoms with Crippen LogP contribution in [0.4, 0.5) is 5.69 Å². The molecule has 4 nitrogen and oxygen atoms in total. The SMILES string of the molecule is Cc1ccc(S(C)(=O)=O)cc1NC1CCN2CCCCC12. The van der Waals surface area contributed by atoms with E-state index in [1.807, 2.05) is 13.0 Å². The van der Waals surface area contributed by atoms with Crippen molar-refractivity contribution in [1.29, 1.82) is 0 Å². The van der Waals surface area contributed by atoms with E-state index in [9.17, 15) is 8.42 Å². The molecular weight excluding hydrogens is 284 g/mol. The number of hydrogen-bond acceptors (Lipinski definition) is 4. The van der Waals surface area contributed by atoms with Gasteiger partial charge in [-0.1, -0.05) is 12.5 Å². The first-order valence-corrected chi connectivity index (χ1v) is 9.65. The number of fused-ring (bicyclic) bond motifs is 1. The lowest BCUT2D eigenvalue weighted by Gasteiger charge is -2.33. The summed E-state index contributed by atoms with van der Waals surface area (Å²) in [7, 11) is -3.15. The van der Waals surface area contributed by atoms with E-state index in [1.54, 1.807) is 12.1 Å². The van der Waals surface area contributed by atoms with E-state index in [-0.39, 0.29) is 0 Å². The Morgan fingerprint density at radius 3 is 2.76 bits per heavy atom. The monoisotopic (exact) mass is 308 g/mol. The molecule has 2 fully saturated rings. The average Bonchev–Trinajstić information content (AvgIpc) is 2.83. The van der Waals surface area contributed by atoms with Crippen LogP contribution in [0.1, 0.15) is 31.2 Å². The van der Waals surface area contributed by atoms with Gasteiger partial charge in [-0.25, -0.2) is 8.42 Å². The van der Waals surface area contributed by atoms with Crippen molar-refractivity contribution >= 4 is 15.5 Å². The van der Waals surface area contributed by atoms with Crippen LogP contribution in [0.3, 0.4) is 0 Å². The normalized spacial score (nSPS) is 26.6. The molecule has 2 unspecified atom stereocenters. The van der Waals surface area contributed by atoms with Crippen LogP contribution in [-0.2, 0) is 9.84 Å². The summed E-state index contributed by atoms with van der Waals surface area (Å²) in [5.74, 6) is 0. The Labute approximate surface area is 127 Å². The van der Waals surface area contributed by atoms with Crippen LogP contribution in [0.15, 0.2) is 23.1 Å². The van der Waals surface area contributed by atoms with Crippen molar-refractivity contribution in [3.63, 3.8) is 0 Å². The summed E-state index contributed by atoms with van der Waals surface area (Å²) in [6.07, 6.45) is 6.28. The molecule has 2 aliphatic heterocycles. The molecule has 2 atom stereocenters. The van der Waals surface area contributed by atoms with E-state index in [0.717, 1.165) is 24.2 Å². The number of sulfone groups is 1. The molecule has 0 bridgehead atoms. The van der Waals surface area contributed by atoms with Gasteiger partial charge in [-0.15, -0.1) is 0 Å². The predicted molar refractivity (Wildman–Crippen MR) is 85.5 cm³/mol. The number of aryl methyl sites for hydroxylation is 1. The maximum absolute atomic E-state index is 11.7. The highest BCUT2D eigenvalue weighted by molar-refractivity contribution is 7.90. The molecular formula is C16H24N2O2S. The zero-order valence-corrected chi connectivity index (χ0v) is 13.6. The Kier molecular flexibility index (Phi) is 3.97. The Bertz CT molecular complexity index is 627. The Hall–Kier alpha value is -1.07.